The van der Waals surface area contributed by atoms with E-state index in [9.17, 15) is 14.4 Å². The molecule has 2 unspecified atom stereocenters. The summed E-state index contributed by atoms with van der Waals surface area (Å²) in [6.45, 7) is 0.368. The minimum absolute atomic E-state index is 0.199. The van der Waals surface area contributed by atoms with E-state index in [1.54, 1.807) is 12.1 Å². The van der Waals surface area contributed by atoms with E-state index in [1.165, 1.54) is 16.7 Å². The Bertz CT molecular complexity index is 1470. The summed E-state index contributed by atoms with van der Waals surface area (Å²) in [7, 11) is 0. The van der Waals surface area contributed by atoms with Crippen LogP contribution in [0.5, 0.6) is 5.75 Å². The minimum Gasteiger partial charge on any atom is -0.489 e. The van der Waals surface area contributed by atoms with Gasteiger partial charge in [0.15, 0.2) is 0 Å². The van der Waals surface area contributed by atoms with E-state index in [0.29, 0.717) is 23.1 Å². The van der Waals surface area contributed by atoms with Crippen LogP contribution >= 0.6 is 23.1 Å². The molecule has 0 bridgehead atoms. The molecule has 174 valence electrons. The maximum Gasteiger partial charge on any atom is 0.305 e. The van der Waals surface area contributed by atoms with Crippen molar-refractivity contribution in [2.75, 3.05) is 4.90 Å². The second-order valence-corrected chi connectivity index (χ2v) is 10.6. The van der Waals surface area contributed by atoms with E-state index in [-0.39, 0.29) is 16.7 Å². The highest BCUT2D eigenvalue weighted by atomic mass is 32.2. The number of thiazole rings is 1. The first kappa shape index (κ1) is 21.9. The van der Waals surface area contributed by atoms with Crippen molar-refractivity contribution < 1.29 is 14.3 Å². The number of para-hydroxylation sites is 2. The van der Waals surface area contributed by atoms with Gasteiger partial charge in [-0.2, -0.15) is 0 Å². The van der Waals surface area contributed by atoms with Crippen LogP contribution in [0.25, 0.3) is 0 Å². The molecule has 1 aromatic heterocycles. The predicted molar refractivity (Wildman–Crippen MR) is 136 cm³/mol. The molecule has 6 rings (SSSR count). The van der Waals surface area contributed by atoms with E-state index >= 15 is 0 Å². The van der Waals surface area contributed by atoms with Crippen molar-refractivity contribution in [2.24, 2.45) is 5.92 Å². The minimum atomic E-state index is -0.645. The lowest BCUT2D eigenvalue weighted by atomic mass is 9.82. The third-order valence-electron chi connectivity index (χ3n) is 6.33. The Morgan fingerprint density at radius 2 is 1.51 bits per heavy atom. The van der Waals surface area contributed by atoms with Gasteiger partial charge in [0.2, 0.25) is 11.8 Å². The van der Waals surface area contributed by atoms with E-state index in [2.05, 4.69) is 4.98 Å². The van der Waals surface area contributed by atoms with Gasteiger partial charge in [0.05, 0.1) is 16.6 Å². The second-order valence-electron chi connectivity index (χ2n) is 8.41. The summed E-state index contributed by atoms with van der Waals surface area (Å²) in [6, 6.07) is 26.4. The molecular weight excluding hydrogens is 480 g/mol. The van der Waals surface area contributed by atoms with Crippen molar-refractivity contribution in [2.45, 2.75) is 22.8 Å². The molecule has 2 aliphatic heterocycles. The molecule has 3 aromatic carbocycles. The third-order valence-corrected chi connectivity index (χ3v) is 8.73. The molecule has 35 heavy (non-hydrogen) atoms. The van der Waals surface area contributed by atoms with Crippen LogP contribution < -0.4 is 14.5 Å². The highest BCUT2D eigenvalue weighted by Gasteiger charge is 2.56. The number of H-pyrrole nitrogens is 1. The van der Waals surface area contributed by atoms with Gasteiger partial charge in [-0.05, 0) is 23.8 Å². The van der Waals surface area contributed by atoms with Gasteiger partial charge in [-0.1, -0.05) is 89.8 Å². The summed E-state index contributed by atoms with van der Waals surface area (Å²) in [4.78, 5) is 44.4. The number of amides is 2. The van der Waals surface area contributed by atoms with E-state index in [4.69, 9.17) is 4.74 Å². The van der Waals surface area contributed by atoms with Crippen LogP contribution in [0.15, 0.2) is 94.7 Å². The molecule has 1 fully saturated rings. The van der Waals surface area contributed by atoms with E-state index < -0.39 is 17.1 Å². The Morgan fingerprint density at radius 3 is 2.29 bits per heavy atom. The molecule has 0 aliphatic carbocycles. The zero-order valence-corrected chi connectivity index (χ0v) is 20.1. The standard InChI is InChI=1S/C27H20N2O4S2/c30-25-21-20(18-13-7-8-14-19(18)33-15-16-9-3-1-4-10-16)22-24(28-27(32)35-22)34-23(21)26(31)29(25)17-11-5-2-6-12-17/h1-14,20-21,23H,15H2,(H,28,32)/t20-,21?,23?/m1/s1. The van der Waals surface area contributed by atoms with Crippen LogP contribution in [0.2, 0.25) is 0 Å². The first-order valence-electron chi connectivity index (χ1n) is 11.2. The fourth-order valence-electron chi connectivity index (χ4n) is 4.79. The maximum atomic E-state index is 13.8. The summed E-state index contributed by atoms with van der Waals surface area (Å²) in [5, 5.41) is 0.0211. The smallest absolute Gasteiger partial charge is 0.305 e. The zero-order valence-electron chi connectivity index (χ0n) is 18.4. The summed E-state index contributed by atoms with van der Waals surface area (Å²) < 4.78 is 6.22. The first-order chi connectivity index (χ1) is 17.1. The average molecular weight is 501 g/mol. The highest BCUT2D eigenvalue weighted by molar-refractivity contribution is 8.00. The quantitative estimate of drug-likeness (QED) is 0.398. The molecular formula is C27H20N2O4S2. The van der Waals surface area contributed by atoms with Gasteiger partial charge in [-0.15, -0.1) is 0 Å². The zero-order chi connectivity index (χ0) is 23.9. The number of imide groups is 1. The Kier molecular flexibility index (Phi) is 5.54. The SMILES string of the molecule is O=C1C2Sc3[nH]c(=O)sc3[C@H](c3ccccc3OCc3ccccc3)C2C(=O)N1c1ccccc1. The van der Waals surface area contributed by atoms with Crippen LogP contribution in [0.3, 0.4) is 0 Å². The van der Waals surface area contributed by atoms with Crippen molar-refractivity contribution >= 4 is 40.6 Å². The number of ether oxygens (including phenoxy) is 1. The van der Waals surface area contributed by atoms with Crippen LogP contribution in [0.1, 0.15) is 21.9 Å². The van der Waals surface area contributed by atoms with Gasteiger partial charge in [0.1, 0.15) is 17.6 Å². The molecule has 0 radical (unpaired) electrons. The van der Waals surface area contributed by atoms with Gasteiger partial charge < -0.3 is 9.72 Å². The molecule has 6 nitrogen and oxygen atoms in total. The number of hydrogen-bond donors (Lipinski definition) is 1. The summed E-state index contributed by atoms with van der Waals surface area (Å²) in [5.41, 5.74) is 2.38. The molecule has 1 N–H and O–H groups in total. The highest BCUT2D eigenvalue weighted by Crippen LogP contribution is 2.54. The molecule has 2 amide bonds. The number of carbonyl (C=O) groups is 2. The lowest BCUT2D eigenvalue weighted by Gasteiger charge is -2.30. The fourth-order valence-corrected chi connectivity index (χ4v) is 7.29. The number of carbonyl (C=O) groups excluding carboxylic acids is 2. The molecule has 1 saturated heterocycles. The number of hydrogen-bond acceptors (Lipinski definition) is 6. The van der Waals surface area contributed by atoms with Gasteiger partial charge in [-0.25, -0.2) is 4.90 Å². The number of aromatic amines is 1. The number of aromatic nitrogens is 1. The summed E-state index contributed by atoms with van der Waals surface area (Å²) >= 11 is 2.37. The van der Waals surface area contributed by atoms with Crippen LogP contribution in [-0.2, 0) is 16.2 Å². The van der Waals surface area contributed by atoms with Crippen molar-refractivity contribution in [1.82, 2.24) is 4.98 Å². The molecule has 3 heterocycles. The topological polar surface area (TPSA) is 79.5 Å². The van der Waals surface area contributed by atoms with Gasteiger partial charge in [0, 0.05) is 16.4 Å². The molecule has 2 aliphatic rings. The van der Waals surface area contributed by atoms with E-state index in [0.717, 1.165) is 27.3 Å². The lowest BCUT2D eigenvalue weighted by molar-refractivity contribution is -0.122. The fraction of sp³-hybridized carbons (Fsp3) is 0.148. The number of benzene rings is 3. The van der Waals surface area contributed by atoms with Crippen LogP contribution in [0.4, 0.5) is 5.69 Å². The van der Waals surface area contributed by atoms with Crippen molar-refractivity contribution in [3.05, 3.63) is 111 Å². The van der Waals surface area contributed by atoms with Crippen molar-refractivity contribution in [3.63, 3.8) is 0 Å². The largest absolute Gasteiger partial charge is 0.489 e. The molecule has 3 atom stereocenters. The molecule has 8 heteroatoms. The molecule has 4 aromatic rings. The summed E-state index contributed by atoms with van der Waals surface area (Å²) in [6.07, 6.45) is 0. The van der Waals surface area contributed by atoms with Gasteiger partial charge >= 0.3 is 4.87 Å². The number of thioether (sulfide) groups is 1. The summed E-state index contributed by atoms with van der Waals surface area (Å²) in [5.74, 6) is -1.00. The molecule has 0 saturated carbocycles. The van der Waals surface area contributed by atoms with Crippen molar-refractivity contribution in [3.8, 4) is 5.75 Å². The maximum absolute atomic E-state index is 13.8. The normalized spacial score (nSPS) is 21.0. The Labute approximate surface area is 209 Å². The van der Waals surface area contributed by atoms with Gasteiger partial charge in [-0.3, -0.25) is 14.4 Å². The van der Waals surface area contributed by atoms with Crippen LogP contribution in [0, 0.1) is 5.92 Å². The number of anilines is 1. The third kappa shape index (κ3) is 3.79. The van der Waals surface area contributed by atoms with Crippen molar-refractivity contribution in [1.29, 1.82) is 0 Å². The first-order valence-corrected chi connectivity index (χ1v) is 12.9. The number of rotatable bonds is 5. The Hall–Kier alpha value is -3.62. The molecule has 0 spiro atoms. The lowest BCUT2D eigenvalue weighted by Crippen LogP contribution is -2.32. The Balaban J connectivity index is 1.44. The average Bonchev–Trinajstić information content (AvgIpc) is 3.38. The van der Waals surface area contributed by atoms with Gasteiger partial charge in [0.25, 0.3) is 0 Å². The number of fused-ring (bicyclic) bond motifs is 2. The predicted octanol–water partition coefficient (Wildman–Crippen LogP) is 4.81. The number of nitrogens with one attached hydrogen (secondary N) is 1. The number of nitrogens with zero attached hydrogens (tertiary/aromatic N) is 1. The Morgan fingerprint density at radius 1 is 0.829 bits per heavy atom. The second kappa shape index (κ2) is 8.87. The van der Waals surface area contributed by atoms with E-state index in [1.807, 2.05) is 72.8 Å². The monoisotopic (exact) mass is 500 g/mol. The van der Waals surface area contributed by atoms with Crippen LogP contribution in [-0.4, -0.2) is 22.0 Å².